The predicted octanol–water partition coefficient (Wildman–Crippen LogP) is 3.83. The molecule has 1 N–H and O–H groups in total. The van der Waals surface area contributed by atoms with Crippen LogP contribution in [0.3, 0.4) is 0 Å². The van der Waals surface area contributed by atoms with Crippen molar-refractivity contribution in [2.75, 3.05) is 13.1 Å². The van der Waals surface area contributed by atoms with Crippen LogP contribution < -0.4 is 5.43 Å². The molecule has 1 atom stereocenters. The normalized spacial score (nSPS) is 28.1. The lowest BCUT2D eigenvalue weighted by Crippen LogP contribution is -2.26. The quantitative estimate of drug-likeness (QED) is 0.856. The molecule has 1 aliphatic carbocycles. The van der Waals surface area contributed by atoms with E-state index in [2.05, 4.69) is 22.0 Å². The monoisotopic (exact) mass is 293 g/mol. The topological polar surface area (TPSA) is 27.6 Å². The van der Waals surface area contributed by atoms with Gasteiger partial charge in [0.25, 0.3) is 0 Å². The minimum atomic E-state index is 0.708. The largest absolute Gasteiger partial charge is 0.369 e. The zero-order valence-electron chi connectivity index (χ0n) is 12.1. The molecule has 110 valence electrons. The third-order valence-corrected chi connectivity index (χ3v) is 5.32. The zero-order valence-corrected chi connectivity index (χ0v) is 12.8. The Kier molecular flexibility index (Phi) is 4.35. The maximum Gasteiger partial charge on any atom is 0.0900 e. The summed E-state index contributed by atoms with van der Waals surface area (Å²) in [6.07, 6.45) is 11.7. The van der Waals surface area contributed by atoms with Crippen LogP contribution >= 0.6 is 11.6 Å². The van der Waals surface area contributed by atoms with E-state index in [-0.39, 0.29) is 0 Å². The smallest absolute Gasteiger partial charge is 0.0900 e. The van der Waals surface area contributed by atoms with Crippen molar-refractivity contribution < 1.29 is 0 Å². The molecule has 0 aromatic rings. The van der Waals surface area contributed by atoms with Gasteiger partial charge in [0.1, 0.15) is 0 Å². The van der Waals surface area contributed by atoms with Gasteiger partial charge in [0.05, 0.1) is 22.6 Å². The van der Waals surface area contributed by atoms with Gasteiger partial charge in [-0.05, 0) is 24.7 Å². The average molecular weight is 294 g/mol. The lowest BCUT2D eigenvalue weighted by molar-refractivity contribution is 0.287. The molecule has 0 amide bonds. The summed E-state index contributed by atoms with van der Waals surface area (Å²) < 4.78 is 0. The summed E-state index contributed by atoms with van der Waals surface area (Å²) >= 11 is 6.34. The van der Waals surface area contributed by atoms with Gasteiger partial charge < -0.3 is 4.90 Å². The van der Waals surface area contributed by atoms with Gasteiger partial charge in [0, 0.05) is 13.1 Å². The molecule has 1 saturated heterocycles. The summed E-state index contributed by atoms with van der Waals surface area (Å²) in [4.78, 5) is 2.38. The van der Waals surface area contributed by atoms with Crippen LogP contribution in [0.15, 0.2) is 28.1 Å². The van der Waals surface area contributed by atoms with Crippen LogP contribution in [0.1, 0.15) is 44.9 Å². The molecule has 0 aromatic carbocycles. The Bertz CT molecular complexity index is 435. The van der Waals surface area contributed by atoms with Gasteiger partial charge in [-0.2, -0.15) is 5.10 Å². The molecule has 1 saturated carbocycles. The van der Waals surface area contributed by atoms with E-state index in [4.69, 9.17) is 11.6 Å². The lowest BCUT2D eigenvalue weighted by Gasteiger charge is -2.26. The third kappa shape index (κ3) is 3.03. The summed E-state index contributed by atoms with van der Waals surface area (Å²) in [5.74, 6) is 1.79. The summed E-state index contributed by atoms with van der Waals surface area (Å²) in [6, 6.07) is 0. The van der Waals surface area contributed by atoms with Crippen molar-refractivity contribution in [3.8, 4) is 0 Å². The minimum Gasteiger partial charge on any atom is -0.369 e. The van der Waals surface area contributed by atoms with Crippen molar-refractivity contribution in [2.45, 2.75) is 44.9 Å². The van der Waals surface area contributed by atoms with Gasteiger partial charge >= 0.3 is 0 Å². The molecule has 0 bridgehead atoms. The molecule has 20 heavy (non-hydrogen) atoms. The standard InChI is InChI=1S/C16H24ClN3/c1-12-16(17)15(10-18-19-12)20-8-7-14(11-20)9-13-5-3-2-4-6-13/h10,13-14,19H,1-9,11H2. The van der Waals surface area contributed by atoms with Gasteiger partial charge in [-0.3, -0.25) is 5.43 Å². The number of nitrogens with zero attached hydrogens (tertiary/aromatic N) is 2. The first kappa shape index (κ1) is 14.0. The van der Waals surface area contributed by atoms with E-state index in [9.17, 15) is 0 Å². The predicted molar refractivity (Wildman–Crippen MR) is 84.5 cm³/mol. The van der Waals surface area contributed by atoms with E-state index < -0.39 is 0 Å². The Balaban J connectivity index is 1.58. The maximum absolute atomic E-state index is 6.34. The van der Waals surface area contributed by atoms with Crippen molar-refractivity contribution in [3.05, 3.63) is 23.0 Å². The van der Waals surface area contributed by atoms with Crippen LogP contribution in [-0.4, -0.2) is 24.2 Å². The van der Waals surface area contributed by atoms with E-state index in [1.165, 1.54) is 44.9 Å². The number of likely N-dealkylation sites (tertiary alicyclic amines) is 1. The zero-order chi connectivity index (χ0) is 13.9. The number of nitrogens with one attached hydrogen (secondary N) is 1. The Hall–Kier alpha value is -0.960. The van der Waals surface area contributed by atoms with Crippen LogP contribution in [0.25, 0.3) is 0 Å². The summed E-state index contributed by atoms with van der Waals surface area (Å²) in [5, 5.41) is 4.84. The molecule has 0 radical (unpaired) electrons. The summed E-state index contributed by atoms with van der Waals surface area (Å²) in [5.41, 5.74) is 4.57. The molecule has 3 aliphatic rings. The molecular formula is C16H24ClN3. The van der Waals surface area contributed by atoms with Crippen LogP contribution in [0.2, 0.25) is 0 Å². The number of allylic oxidation sites excluding steroid dienone is 2. The van der Waals surface area contributed by atoms with Crippen LogP contribution in [0.4, 0.5) is 0 Å². The second-order valence-corrected chi connectivity index (χ2v) is 6.77. The van der Waals surface area contributed by atoms with E-state index in [0.29, 0.717) is 5.70 Å². The SMILES string of the molecule is C=C1NN=CC(N2CCC(CC3CCCCC3)C2)=C1Cl. The average Bonchev–Trinajstić information content (AvgIpc) is 2.91. The molecule has 0 aromatic heterocycles. The van der Waals surface area contributed by atoms with Gasteiger partial charge in [-0.25, -0.2) is 0 Å². The number of rotatable bonds is 3. The number of hydrogen-bond donors (Lipinski definition) is 1. The first-order valence-corrected chi connectivity index (χ1v) is 8.25. The van der Waals surface area contributed by atoms with Gasteiger partial charge in [0.15, 0.2) is 0 Å². The van der Waals surface area contributed by atoms with E-state index >= 15 is 0 Å². The van der Waals surface area contributed by atoms with Crippen LogP contribution in [0.5, 0.6) is 0 Å². The van der Waals surface area contributed by atoms with Gasteiger partial charge in [0.2, 0.25) is 0 Å². The lowest BCUT2D eigenvalue weighted by atomic mass is 9.82. The highest BCUT2D eigenvalue weighted by molar-refractivity contribution is 6.33. The fourth-order valence-electron chi connectivity index (χ4n) is 3.79. The van der Waals surface area contributed by atoms with Crippen molar-refractivity contribution >= 4 is 17.8 Å². The van der Waals surface area contributed by atoms with Gasteiger partial charge in [-0.1, -0.05) is 50.3 Å². The molecule has 4 heteroatoms. The number of hydrazone groups is 1. The summed E-state index contributed by atoms with van der Waals surface area (Å²) in [7, 11) is 0. The molecule has 3 nitrogen and oxygen atoms in total. The highest BCUT2D eigenvalue weighted by Gasteiger charge is 2.28. The number of halogens is 1. The third-order valence-electron chi connectivity index (χ3n) is 4.89. The second-order valence-electron chi connectivity index (χ2n) is 6.39. The first-order valence-electron chi connectivity index (χ1n) is 7.87. The van der Waals surface area contributed by atoms with Crippen molar-refractivity contribution in [1.82, 2.24) is 10.3 Å². The Morgan fingerprint density at radius 1 is 1.25 bits per heavy atom. The molecule has 3 rings (SSSR count). The van der Waals surface area contributed by atoms with Gasteiger partial charge in [-0.15, -0.1) is 0 Å². The molecule has 2 heterocycles. The molecule has 0 spiro atoms. The fraction of sp³-hybridized carbons (Fsp3) is 0.688. The molecule has 2 fully saturated rings. The van der Waals surface area contributed by atoms with Crippen LogP contribution in [-0.2, 0) is 0 Å². The fourth-order valence-corrected chi connectivity index (χ4v) is 4.00. The van der Waals surface area contributed by atoms with Crippen molar-refractivity contribution in [3.63, 3.8) is 0 Å². The minimum absolute atomic E-state index is 0.708. The highest BCUT2D eigenvalue weighted by Crippen LogP contribution is 2.34. The Morgan fingerprint density at radius 2 is 2.05 bits per heavy atom. The van der Waals surface area contributed by atoms with E-state index in [1.807, 2.05) is 6.21 Å². The Labute approximate surface area is 126 Å². The van der Waals surface area contributed by atoms with E-state index in [1.54, 1.807) is 0 Å². The van der Waals surface area contributed by atoms with Crippen LogP contribution in [0, 0.1) is 11.8 Å². The van der Waals surface area contributed by atoms with Crippen molar-refractivity contribution in [2.24, 2.45) is 16.9 Å². The molecule has 2 aliphatic heterocycles. The first-order chi connectivity index (χ1) is 9.74. The Morgan fingerprint density at radius 3 is 2.85 bits per heavy atom. The highest BCUT2D eigenvalue weighted by atomic mass is 35.5. The molecular weight excluding hydrogens is 270 g/mol. The number of hydrogen-bond acceptors (Lipinski definition) is 3. The maximum atomic E-state index is 6.34. The van der Waals surface area contributed by atoms with E-state index in [0.717, 1.165) is 35.7 Å². The second kappa shape index (κ2) is 6.21. The van der Waals surface area contributed by atoms with Crippen molar-refractivity contribution in [1.29, 1.82) is 0 Å². The molecule has 1 unspecified atom stereocenters. The summed E-state index contributed by atoms with van der Waals surface area (Å²) in [6.45, 7) is 6.11.